The van der Waals surface area contributed by atoms with Crippen molar-refractivity contribution in [3.63, 3.8) is 0 Å². The highest BCUT2D eigenvalue weighted by Crippen LogP contribution is 2.30. The van der Waals surface area contributed by atoms with Gasteiger partial charge in [0.1, 0.15) is 5.75 Å². The molecule has 2 N–H and O–H groups in total. The van der Waals surface area contributed by atoms with E-state index in [4.69, 9.17) is 0 Å². The Balaban J connectivity index is 2.13. The number of nitrogens with zero attached hydrogens (tertiary/aromatic N) is 1. The van der Waals surface area contributed by atoms with Gasteiger partial charge in [0.05, 0.1) is 10.7 Å². The summed E-state index contributed by atoms with van der Waals surface area (Å²) < 4.78 is 1.34. The number of amides is 1. The molecule has 2 aromatic carbocycles. The van der Waals surface area contributed by atoms with Gasteiger partial charge < -0.3 is 5.11 Å². The Kier molecular flexibility index (Phi) is 5.14. The third kappa shape index (κ3) is 3.92. The fourth-order valence-electron chi connectivity index (χ4n) is 1.73. The molecule has 0 heterocycles. The highest BCUT2D eigenvalue weighted by atomic mass is 79.9. The molecule has 0 saturated heterocycles. The van der Waals surface area contributed by atoms with Crippen molar-refractivity contribution in [2.45, 2.75) is 6.92 Å². The minimum Gasteiger partial charge on any atom is -0.506 e. The van der Waals surface area contributed by atoms with Crippen LogP contribution in [0.15, 0.2) is 50.4 Å². The van der Waals surface area contributed by atoms with Crippen LogP contribution in [0.3, 0.4) is 0 Å². The molecular formula is C15H12Br2N2O2. The number of rotatable bonds is 3. The van der Waals surface area contributed by atoms with Gasteiger partial charge in [-0.2, -0.15) is 5.10 Å². The summed E-state index contributed by atoms with van der Waals surface area (Å²) >= 11 is 6.56. The van der Waals surface area contributed by atoms with Crippen LogP contribution in [0.25, 0.3) is 0 Å². The molecule has 6 heteroatoms. The van der Waals surface area contributed by atoms with Crippen molar-refractivity contribution in [1.29, 1.82) is 0 Å². The van der Waals surface area contributed by atoms with Crippen LogP contribution in [0, 0.1) is 6.92 Å². The fraction of sp³-hybridized carbons (Fsp3) is 0.0667. The van der Waals surface area contributed by atoms with Gasteiger partial charge in [-0.25, -0.2) is 5.43 Å². The molecular weight excluding hydrogens is 400 g/mol. The van der Waals surface area contributed by atoms with Crippen molar-refractivity contribution in [3.05, 3.63) is 62.0 Å². The van der Waals surface area contributed by atoms with Crippen molar-refractivity contribution < 1.29 is 9.90 Å². The molecule has 4 nitrogen and oxygen atoms in total. The summed E-state index contributed by atoms with van der Waals surface area (Å²) in [6.07, 6.45) is 1.39. The number of halogens is 2. The van der Waals surface area contributed by atoms with Gasteiger partial charge in [-0.15, -0.1) is 0 Å². The summed E-state index contributed by atoms with van der Waals surface area (Å²) in [4.78, 5) is 12.0. The number of hydrogen-bond acceptors (Lipinski definition) is 3. The molecule has 0 aliphatic carbocycles. The Labute approximate surface area is 139 Å². The van der Waals surface area contributed by atoms with E-state index in [-0.39, 0.29) is 11.7 Å². The number of phenols is 1. The molecule has 0 radical (unpaired) electrons. The first-order chi connectivity index (χ1) is 9.99. The first-order valence-electron chi connectivity index (χ1n) is 6.06. The van der Waals surface area contributed by atoms with E-state index in [9.17, 15) is 9.90 Å². The number of hydrogen-bond donors (Lipinski definition) is 2. The Hall–Kier alpha value is -1.66. The zero-order valence-corrected chi connectivity index (χ0v) is 14.3. The molecule has 0 aliphatic rings. The van der Waals surface area contributed by atoms with Crippen LogP contribution < -0.4 is 5.43 Å². The standard InChI is InChI=1S/C15H12Br2N2O2/c1-9-4-2-3-5-12(9)15(21)19-18-8-10-6-11(16)7-13(17)14(10)20/h2-8,20H,1H3,(H,19,21)/b18-8-. The largest absolute Gasteiger partial charge is 0.506 e. The molecule has 0 bridgehead atoms. The van der Waals surface area contributed by atoms with Gasteiger partial charge in [-0.05, 0) is 46.6 Å². The molecule has 21 heavy (non-hydrogen) atoms. The van der Waals surface area contributed by atoms with Crippen LogP contribution in [0.1, 0.15) is 21.5 Å². The maximum atomic E-state index is 12.0. The highest BCUT2D eigenvalue weighted by Gasteiger charge is 2.08. The van der Waals surface area contributed by atoms with E-state index in [2.05, 4.69) is 42.4 Å². The lowest BCUT2D eigenvalue weighted by Crippen LogP contribution is -2.18. The van der Waals surface area contributed by atoms with Crippen molar-refractivity contribution in [1.82, 2.24) is 5.43 Å². The number of aromatic hydroxyl groups is 1. The zero-order chi connectivity index (χ0) is 15.4. The molecule has 0 fully saturated rings. The SMILES string of the molecule is Cc1ccccc1C(=O)N/N=C\c1cc(Br)cc(Br)c1O. The number of nitrogens with one attached hydrogen (secondary N) is 1. The van der Waals surface area contributed by atoms with Gasteiger partial charge in [0.2, 0.25) is 0 Å². The normalized spacial score (nSPS) is 10.8. The summed E-state index contributed by atoms with van der Waals surface area (Å²) in [5.41, 5.74) is 4.37. The zero-order valence-electron chi connectivity index (χ0n) is 11.1. The van der Waals surface area contributed by atoms with Crippen molar-refractivity contribution >= 4 is 44.0 Å². The third-order valence-electron chi connectivity index (χ3n) is 2.82. The number of carbonyl (C=O) groups is 1. The summed E-state index contributed by atoms with van der Waals surface area (Å²) in [6, 6.07) is 10.7. The lowest BCUT2D eigenvalue weighted by atomic mass is 10.1. The maximum absolute atomic E-state index is 12.0. The fourth-order valence-corrected chi connectivity index (χ4v) is 2.99. The van der Waals surface area contributed by atoms with Crippen molar-refractivity contribution in [2.75, 3.05) is 0 Å². The van der Waals surface area contributed by atoms with Crippen LogP contribution in [0.5, 0.6) is 5.75 Å². The van der Waals surface area contributed by atoms with Gasteiger partial charge >= 0.3 is 0 Å². The molecule has 108 valence electrons. The molecule has 0 atom stereocenters. The highest BCUT2D eigenvalue weighted by molar-refractivity contribution is 9.11. The average molecular weight is 412 g/mol. The predicted octanol–water partition coefficient (Wildman–Crippen LogP) is 3.99. The molecule has 0 saturated carbocycles. The monoisotopic (exact) mass is 410 g/mol. The van der Waals surface area contributed by atoms with Crippen LogP contribution in [0.2, 0.25) is 0 Å². The van der Waals surface area contributed by atoms with Crippen LogP contribution in [0.4, 0.5) is 0 Å². The minimum atomic E-state index is -0.294. The van der Waals surface area contributed by atoms with Gasteiger partial charge in [0.25, 0.3) is 5.91 Å². The number of aryl methyl sites for hydroxylation is 1. The Morgan fingerprint density at radius 1 is 1.29 bits per heavy atom. The van der Waals surface area contributed by atoms with E-state index < -0.39 is 0 Å². The van der Waals surface area contributed by atoms with Gasteiger partial charge in [-0.3, -0.25) is 4.79 Å². The number of phenolic OH excluding ortho intramolecular Hbond substituents is 1. The predicted molar refractivity (Wildman–Crippen MR) is 89.7 cm³/mol. The van der Waals surface area contributed by atoms with E-state index in [0.29, 0.717) is 15.6 Å². The summed E-state index contributed by atoms with van der Waals surface area (Å²) in [6.45, 7) is 1.86. The first-order valence-corrected chi connectivity index (χ1v) is 7.64. The topological polar surface area (TPSA) is 61.7 Å². The lowest BCUT2D eigenvalue weighted by Gasteiger charge is -2.04. The second kappa shape index (κ2) is 6.87. The van der Waals surface area contributed by atoms with Crippen molar-refractivity contribution in [2.24, 2.45) is 5.10 Å². The van der Waals surface area contributed by atoms with E-state index in [0.717, 1.165) is 10.0 Å². The molecule has 0 aliphatic heterocycles. The lowest BCUT2D eigenvalue weighted by molar-refractivity contribution is 0.0954. The molecule has 2 aromatic rings. The van der Waals surface area contributed by atoms with Crippen molar-refractivity contribution in [3.8, 4) is 5.75 Å². The van der Waals surface area contributed by atoms with E-state index >= 15 is 0 Å². The quantitative estimate of drug-likeness (QED) is 0.592. The second-order valence-corrected chi connectivity index (χ2v) is 6.11. The third-order valence-corrected chi connectivity index (χ3v) is 3.88. The molecule has 0 spiro atoms. The smallest absolute Gasteiger partial charge is 0.271 e. The Morgan fingerprint density at radius 3 is 2.71 bits per heavy atom. The van der Waals surface area contributed by atoms with Crippen LogP contribution in [-0.2, 0) is 0 Å². The van der Waals surface area contributed by atoms with Gasteiger partial charge in [0, 0.05) is 15.6 Å². The second-order valence-electron chi connectivity index (χ2n) is 4.34. The van der Waals surface area contributed by atoms with E-state index in [1.807, 2.05) is 19.1 Å². The number of carbonyl (C=O) groups excluding carboxylic acids is 1. The molecule has 1 amide bonds. The summed E-state index contributed by atoms with van der Waals surface area (Å²) in [7, 11) is 0. The van der Waals surface area contributed by atoms with E-state index in [1.165, 1.54) is 6.21 Å². The molecule has 2 rings (SSSR count). The summed E-state index contributed by atoms with van der Waals surface area (Å²) in [5, 5.41) is 13.8. The van der Waals surface area contributed by atoms with Gasteiger partial charge in [0.15, 0.2) is 0 Å². The van der Waals surface area contributed by atoms with Crippen LogP contribution in [-0.4, -0.2) is 17.2 Å². The molecule has 0 aromatic heterocycles. The maximum Gasteiger partial charge on any atom is 0.271 e. The van der Waals surface area contributed by atoms with Crippen LogP contribution >= 0.6 is 31.9 Å². The molecule has 0 unspecified atom stereocenters. The van der Waals surface area contributed by atoms with E-state index in [1.54, 1.807) is 24.3 Å². The Bertz CT molecular complexity index is 715. The summed E-state index contributed by atoms with van der Waals surface area (Å²) in [5.74, 6) is -0.231. The Morgan fingerprint density at radius 2 is 2.00 bits per heavy atom. The number of benzene rings is 2. The minimum absolute atomic E-state index is 0.0621. The number of hydrazone groups is 1. The first kappa shape index (κ1) is 15.7. The average Bonchev–Trinajstić information content (AvgIpc) is 2.44. The van der Waals surface area contributed by atoms with Gasteiger partial charge in [-0.1, -0.05) is 34.1 Å².